The Hall–Kier alpha value is -2.51. The molecular weight excluding hydrogens is 303 g/mol. The Bertz CT molecular complexity index is 719. The second-order valence-corrected chi connectivity index (χ2v) is 4.93. The van der Waals surface area contributed by atoms with E-state index >= 15 is 0 Å². The third kappa shape index (κ3) is 2.90. The molecule has 1 aliphatic rings. The highest BCUT2D eigenvalue weighted by Crippen LogP contribution is 2.46. The van der Waals surface area contributed by atoms with Crippen LogP contribution < -0.4 is 4.74 Å². The summed E-state index contributed by atoms with van der Waals surface area (Å²) in [6, 6.07) is 3.24. The lowest BCUT2D eigenvalue weighted by molar-refractivity contribution is -0.137. The molecule has 1 heterocycles. The maximum Gasteiger partial charge on any atom is 0.416 e. The maximum atomic E-state index is 12.8. The summed E-state index contributed by atoms with van der Waals surface area (Å²) in [6.45, 7) is 0. The Morgan fingerprint density at radius 3 is 2.64 bits per heavy atom. The molecule has 1 saturated carbocycles. The fraction of sp³-hybridized carbons (Fsp3) is 0.286. The molecule has 0 radical (unpaired) electrons. The third-order valence-corrected chi connectivity index (χ3v) is 3.26. The number of carboxylic acid groups (broad SMARTS) is 1. The molecule has 1 N–H and O–H groups in total. The van der Waals surface area contributed by atoms with E-state index in [0.717, 1.165) is 31.2 Å². The van der Waals surface area contributed by atoms with Crippen molar-refractivity contribution in [3.8, 4) is 11.8 Å². The van der Waals surface area contributed by atoms with Crippen molar-refractivity contribution in [2.45, 2.75) is 24.9 Å². The summed E-state index contributed by atoms with van der Waals surface area (Å²) < 4.78 is 48.4. The van der Waals surface area contributed by atoms with Gasteiger partial charge in [0.2, 0.25) is 0 Å². The van der Waals surface area contributed by atoms with E-state index in [1.807, 2.05) is 0 Å². The summed E-state index contributed by atoms with van der Waals surface area (Å²) in [6.07, 6.45) is -2.30. The topological polar surface area (TPSA) is 72.6 Å². The number of aromatic carboxylic acids is 1. The first-order valence-corrected chi connectivity index (χ1v) is 6.42. The first kappa shape index (κ1) is 14.4. The average Bonchev–Trinajstić information content (AvgIpc) is 3.17. The molecule has 1 aromatic carbocycles. The van der Waals surface area contributed by atoms with Crippen LogP contribution >= 0.6 is 0 Å². The first-order chi connectivity index (χ1) is 10.3. The minimum Gasteiger partial charge on any atom is -0.476 e. The molecule has 116 valence electrons. The normalized spacial score (nSPS) is 14.9. The van der Waals surface area contributed by atoms with Crippen LogP contribution in [0.25, 0.3) is 0 Å². The van der Waals surface area contributed by atoms with Crippen molar-refractivity contribution in [3.05, 3.63) is 41.3 Å². The first-order valence-electron chi connectivity index (χ1n) is 6.42. The number of aromatic nitrogens is 1. The van der Waals surface area contributed by atoms with Gasteiger partial charge in [-0.25, -0.2) is 4.79 Å². The van der Waals surface area contributed by atoms with Gasteiger partial charge in [0.05, 0.1) is 5.56 Å². The molecule has 0 bridgehead atoms. The van der Waals surface area contributed by atoms with E-state index in [9.17, 15) is 18.0 Å². The second-order valence-electron chi connectivity index (χ2n) is 4.93. The number of halogens is 3. The molecule has 1 aliphatic carbocycles. The minimum absolute atomic E-state index is 0.0175. The SMILES string of the molecule is O=C(O)c1coc(Oc2cc(C(F)(F)F)ccc2C2CC2)n1. The van der Waals surface area contributed by atoms with Gasteiger partial charge in [-0.2, -0.15) is 18.2 Å². The van der Waals surface area contributed by atoms with E-state index < -0.39 is 23.8 Å². The van der Waals surface area contributed by atoms with Gasteiger partial charge >= 0.3 is 18.2 Å². The van der Waals surface area contributed by atoms with Crippen molar-refractivity contribution in [3.63, 3.8) is 0 Å². The van der Waals surface area contributed by atoms with E-state index in [2.05, 4.69) is 4.98 Å². The predicted octanol–water partition coefficient (Wildman–Crippen LogP) is 4.06. The Kier molecular flexibility index (Phi) is 3.31. The number of oxazole rings is 1. The Morgan fingerprint density at radius 1 is 1.36 bits per heavy atom. The molecule has 0 aliphatic heterocycles. The second kappa shape index (κ2) is 5.04. The number of carboxylic acids is 1. The molecule has 0 unspecified atom stereocenters. The highest BCUT2D eigenvalue weighted by atomic mass is 19.4. The number of nitrogens with zero attached hydrogens (tertiary/aromatic N) is 1. The fourth-order valence-corrected chi connectivity index (χ4v) is 2.03. The van der Waals surface area contributed by atoms with Crippen molar-refractivity contribution in [2.75, 3.05) is 0 Å². The van der Waals surface area contributed by atoms with Gasteiger partial charge in [-0.15, -0.1) is 0 Å². The van der Waals surface area contributed by atoms with Gasteiger partial charge in [0.15, 0.2) is 5.69 Å². The number of alkyl halides is 3. The standard InChI is InChI=1S/C14H10F3NO4/c15-14(16,17)8-3-4-9(7-1-2-7)11(5-8)22-13-18-10(6-21-13)12(19)20/h3-7H,1-2H2,(H,19,20). The smallest absolute Gasteiger partial charge is 0.416 e. The summed E-state index contributed by atoms with van der Waals surface area (Å²) in [4.78, 5) is 14.3. The molecule has 0 saturated heterocycles. The van der Waals surface area contributed by atoms with E-state index in [0.29, 0.717) is 5.56 Å². The zero-order valence-electron chi connectivity index (χ0n) is 11.1. The monoisotopic (exact) mass is 313 g/mol. The van der Waals surface area contributed by atoms with Crippen molar-refractivity contribution in [1.82, 2.24) is 4.98 Å². The van der Waals surface area contributed by atoms with E-state index in [1.54, 1.807) is 0 Å². The van der Waals surface area contributed by atoms with Gasteiger partial charge in [-0.3, -0.25) is 0 Å². The lowest BCUT2D eigenvalue weighted by atomic mass is 10.1. The summed E-state index contributed by atoms with van der Waals surface area (Å²) in [5, 5.41) is 8.74. The van der Waals surface area contributed by atoms with Crippen molar-refractivity contribution in [2.24, 2.45) is 0 Å². The molecule has 0 amide bonds. The lowest BCUT2D eigenvalue weighted by Gasteiger charge is -2.12. The van der Waals surface area contributed by atoms with Gasteiger partial charge < -0.3 is 14.3 Å². The summed E-state index contributed by atoms with van der Waals surface area (Å²) in [5.41, 5.74) is -0.602. The van der Waals surface area contributed by atoms with Gasteiger partial charge in [0.25, 0.3) is 0 Å². The van der Waals surface area contributed by atoms with Crippen LogP contribution in [0, 0.1) is 0 Å². The number of hydrogen-bond donors (Lipinski definition) is 1. The summed E-state index contributed by atoms with van der Waals surface area (Å²) in [5.74, 6) is -1.19. The zero-order chi connectivity index (χ0) is 15.9. The van der Waals surface area contributed by atoms with Crippen LogP contribution in [-0.2, 0) is 6.18 Å². The van der Waals surface area contributed by atoms with Gasteiger partial charge in [0.1, 0.15) is 12.0 Å². The van der Waals surface area contributed by atoms with Crippen LogP contribution in [0.3, 0.4) is 0 Å². The highest BCUT2D eigenvalue weighted by molar-refractivity contribution is 5.84. The quantitative estimate of drug-likeness (QED) is 0.921. The highest BCUT2D eigenvalue weighted by Gasteiger charge is 2.34. The Labute approximate surface area is 122 Å². The van der Waals surface area contributed by atoms with Crippen molar-refractivity contribution >= 4 is 5.97 Å². The van der Waals surface area contributed by atoms with Crippen molar-refractivity contribution in [1.29, 1.82) is 0 Å². The Balaban J connectivity index is 1.94. The summed E-state index contributed by atoms with van der Waals surface area (Å²) >= 11 is 0. The zero-order valence-corrected chi connectivity index (χ0v) is 11.1. The lowest BCUT2D eigenvalue weighted by Crippen LogP contribution is -2.05. The molecule has 3 rings (SSSR count). The number of benzene rings is 1. The van der Waals surface area contributed by atoms with E-state index in [1.165, 1.54) is 6.07 Å². The summed E-state index contributed by atoms with van der Waals surface area (Å²) in [7, 11) is 0. The van der Waals surface area contributed by atoms with Crippen LogP contribution in [0.1, 0.15) is 40.4 Å². The molecule has 1 aromatic heterocycles. The molecule has 22 heavy (non-hydrogen) atoms. The largest absolute Gasteiger partial charge is 0.476 e. The van der Waals surface area contributed by atoms with Crippen LogP contribution in [0.5, 0.6) is 11.8 Å². The molecule has 1 fully saturated rings. The van der Waals surface area contributed by atoms with Gasteiger partial charge in [-0.1, -0.05) is 6.07 Å². The average molecular weight is 313 g/mol. The van der Waals surface area contributed by atoms with Crippen LogP contribution in [0.2, 0.25) is 0 Å². The van der Waals surface area contributed by atoms with Crippen LogP contribution in [0.15, 0.2) is 28.9 Å². The number of rotatable bonds is 4. The molecular formula is C14H10F3NO4. The Morgan fingerprint density at radius 2 is 2.09 bits per heavy atom. The maximum absolute atomic E-state index is 12.8. The van der Waals surface area contributed by atoms with E-state index in [-0.39, 0.29) is 17.4 Å². The molecule has 0 spiro atoms. The minimum atomic E-state index is -4.50. The molecule has 0 atom stereocenters. The van der Waals surface area contributed by atoms with Gasteiger partial charge in [-0.05, 0) is 36.5 Å². The molecule has 5 nitrogen and oxygen atoms in total. The predicted molar refractivity (Wildman–Crippen MR) is 67.0 cm³/mol. The van der Waals surface area contributed by atoms with E-state index in [4.69, 9.17) is 14.3 Å². The molecule has 8 heteroatoms. The number of carbonyl (C=O) groups is 1. The molecule has 2 aromatic rings. The van der Waals surface area contributed by atoms with Crippen LogP contribution in [0.4, 0.5) is 13.2 Å². The van der Waals surface area contributed by atoms with Crippen LogP contribution in [-0.4, -0.2) is 16.1 Å². The van der Waals surface area contributed by atoms with Gasteiger partial charge in [0, 0.05) is 0 Å². The third-order valence-electron chi connectivity index (χ3n) is 3.26. The number of ether oxygens (including phenoxy) is 1. The fourth-order valence-electron chi connectivity index (χ4n) is 2.03. The number of hydrogen-bond acceptors (Lipinski definition) is 4. The van der Waals surface area contributed by atoms with Crippen molar-refractivity contribution < 1.29 is 32.2 Å².